The summed E-state index contributed by atoms with van der Waals surface area (Å²) in [6.45, 7) is 1.93. The molecule has 0 aliphatic carbocycles. The topological polar surface area (TPSA) is 45.6 Å². The normalized spacial score (nSPS) is 19.9. The van der Waals surface area contributed by atoms with Gasteiger partial charge in [0.15, 0.2) is 0 Å². The molecule has 4 nitrogen and oxygen atoms in total. The van der Waals surface area contributed by atoms with Crippen molar-refractivity contribution in [3.8, 4) is 5.75 Å². The van der Waals surface area contributed by atoms with Crippen molar-refractivity contribution in [1.82, 2.24) is 5.32 Å². The van der Waals surface area contributed by atoms with E-state index >= 15 is 0 Å². The maximum atomic E-state index is 12.7. The summed E-state index contributed by atoms with van der Waals surface area (Å²) < 4.78 is 42.2. The number of alkyl halides is 3. The molecule has 2 N–H and O–H groups in total. The second-order valence-corrected chi connectivity index (χ2v) is 7.31. The Hall–Kier alpha value is -2.54. The molecule has 2 aromatic rings. The maximum Gasteiger partial charge on any atom is 0.573 e. The highest BCUT2D eigenvalue weighted by Gasteiger charge is 2.41. The molecule has 1 fully saturated rings. The monoisotopic (exact) mass is 389 g/mol. The van der Waals surface area contributed by atoms with Crippen molar-refractivity contribution in [1.29, 1.82) is 0 Å². The first-order valence-electron chi connectivity index (χ1n) is 9.39. The number of nitrogens with zero attached hydrogens (tertiary/aromatic N) is 1. The van der Waals surface area contributed by atoms with Crippen molar-refractivity contribution in [3.05, 3.63) is 59.7 Å². The summed E-state index contributed by atoms with van der Waals surface area (Å²) in [7, 11) is 0. The van der Waals surface area contributed by atoms with Gasteiger partial charge >= 0.3 is 6.36 Å². The van der Waals surface area contributed by atoms with E-state index in [4.69, 9.17) is 4.99 Å². The molecule has 4 rings (SSSR count). The first-order valence-corrected chi connectivity index (χ1v) is 9.39. The van der Waals surface area contributed by atoms with Crippen LogP contribution in [-0.4, -0.2) is 25.3 Å². The van der Waals surface area contributed by atoms with E-state index in [1.165, 1.54) is 17.7 Å². The van der Waals surface area contributed by atoms with Crippen LogP contribution in [0.4, 0.5) is 18.9 Å². The molecule has 0 atom stereocenters. The summed E-state index contributed by atoms with van der Waals surface area (Å²) >= 11 is 0. The summed E-state index contributed by atoms with van der Waals surface area (Å²) in [6, 6.07) is 14.3. The standard InChI is InChI=1S/C21H22F3N3O/c22-21(23,24)28-18-8-4-2-6-16(18)14-26-19-20(9-11-25-12-10-20)13-15-5-1-3-7-17(15)27-19/h1-8,25H,9-14H2,(H,26,27). The van der Waals surface area contributed by atoms with Crippen LogP contribution in [-0.2, 0) is 13.0 Å². The first-order chi connectivity index (χ1) is 13.5. The Morgan fingerprint density at radius 2 is 1.71 bits per heavy atom. The van der Waals surface area contributed by atoms with Gasteiger partial charge in [-0.2, -0.15) is 0 Å². The van der Waals surface area contributed by atoms with Crippen LogP contribution < -0.4 is 15.4 Å². The lowest BCUT2D eigenvalue weighted by Gasteiger charge is -2.42. The molecule has 1 saturated heterocycles. The number of fused-ring (bicyclic) bond motifs is 1. The molecule has 0 unspecified atom stereocenters. The molecule has 2 aliphatic heterocycles. The van der Waals surface area contributed by atoms with Crippen molar-refractivity contribution in [2.45, 2.75) is 32.2 Å². The van der Waals surface area contributed by atoms with Crippen LogP contribution in [0.25, 0.3) is 0 Å². The van der Waals surface area contributed by atoms with Gasteiger partial charge in [0.05, 0.1) is 6.54 Å². The minimum atomic E-state index is -4.72. The van der Waals surface area contributed by atoms with Crippen molar-refractivity contribution >= 4 is 11.5 Å². The lowest BCUT2D eigenvalue weighted by Crippen LogP contribution is -2.48. The predicted molar refractivity (Wildman–Crippen MR) is 103 cm³/mol. The second-order valence-electron chi connectivity index (χ2n) is 7.31. The fourth-order valence-corrected chi connectivity index (χ4v) is 4.05. The van der Waals surface area contributed by atoms with E-state index < -0.39 is 6.36 Å². The SMILES string of the molecule is FC(F)(F)Oc1ccccc1CN=C1Nc2ccccc2CC12CCNCC2. The van der Waals surface area contributed by atoms with Crippen LogP contribution in [0.15, 0.2) is 53.5 Å². The number of benzene rings is 2. The molecule has 28 heavy (non-hydrogen) atoms. The quantitative estimate of drug-likeness (QED) is 0.811. The molecule has 2 aromatic carbocycles. The molecule has 0 bridgehead atoms. The van der Waals surface area contributed by atoms with Gasteiger partial charge in [0, 0.05) is 16.7 Å². The zero-order chi connectivity index (χ0) is 19.6. The molecule has 2 heterocycles. The van der Waals surface area contributed by atoms with Crippen molar-refractivity contribution in [2.24, 2.45) is 10.4 Å². The number of hydrogen-bond acceptors (Lipinski definition) is 3. The Balaban J connectivity index is 1.64. The second kappa shape index (κ2) is 7.47. The van der Waals surface area contributed by atoms with Crippen molar-refractivity contribution in [3.63, 3.8) is 0 Å². The Morgan fingerprint density at radius 1 is 1.00 bits per heavy atom. The number of anilines is 1. The fraction of sp³-hybridized carbons (Fsp3) is 0.381. The van der Waals surface area contributed by atoms with Crippen LogP contribution in [0.2, 0.25) is 0 Å². The smallest absolute Gasteiger partial charge is 0.405 e. The van der Waals surface area contributed by atoms with Crippen molar-refractivity contribution in [2.75, 3.05) is 18.4 Å². The largest absolute Gasteiger partial charge is 0.573 e. The number of hydrogen-bond donors (Lipinski definition) is 2. The molecule has 2 aliphatic rings. The van der Waals surface area contributed by atoms with Crippen LogP contribution >= 0.6 is 0 Å². The minimum absolute atomic E-state index is 0.112. The van der Waals surface area contributed by atoms with E-state index in [0.717, 1.165) is 43.9 Å². The Labute approximate surface area is 161 Å². The highest BCUT2D eigenvalue weighted by Crippen LogP contribution is 2.41. The van der Waals surface area contributed by atoms with E-state index in [-0.39, 0.29) is 17.7 Å². The highest BCUT2D eigenvalue weighted by molar-refractivity contribution is 6.02. The third-order valence-corrected chi connectivity index (χ3v) is 5.47. The Kier molecular flexibility index (Phi) is 5.02. The van der Waals surface area contributed by atoms with Crippen LogP contribution in [0.1, 0.15) is 24.0 Å². The van der Waals surface area contributed by atoms with Crippen LogP contribution in [0.3, 0.4) is 0 Å². The number of para-hydroxylation sites is 2. The Bertz CT molecular complexity index is 873. The zero-order valence-electron chi connectivity index (χ0n) is 15.4. The summed E-state index contributed by atoms with van der Waals surface area (Å²) in [5, 5.41) is 6.84. The van der Waals surface area contributed by atoms with Gasteiger partial charge in [-0.25, -0.2) is 0 Å². The highest BCUT2D eigenvalue weighted by atomic mass is 19.4. The molecule has 1 spiro atoms. The van der Waals surface area contributed by atoms with Gasteiger partial charge in [0.2, 0.25) is 0 Å². The summed E-state index contributed by atoms with van der Waals surface area (Å²) in [5.41, 5.74) is 2.57. The molecular formula is C21H22F3N3O. The number of rotatable bonds is 3. The van der Waals surface area contributed by atoms with E-state index in [1.807, 2.05) is 18.2 Å². The van der Waals surface area contributed by atoms with Gasteiger partial charge in [0.25, 0.3) is 0 Å². The first kappa shape index (κ1) is 18.8. The van der Waals surface area contributed by atoms with E-state index in [0.29, 0.717) is 5.56 Å². The van der Waals surface area contributed by atoms with Gasteiger partial charge in [0.1, 0.15) is 11.6 Å². The predicted octanol–water partition coefficient (Wildman–Crippen LogP) is 4.52. The molecular weight excluding hydrogens is 367 g/mol. The lowest BCUT2D eigenvalue weighted by molar-refractivity contribution is -0.274. The molecule has 0 radical (unpaired) electrons. The number of nitrogens with one attached hydrogen (secondary N) is 2. The fourth-order valence-electron chi connectivity index (χ4n) is 4.05. The maximum absolute atomic E-state index is 12.7. The Morgan fingerprint density at radius 3 is 2.50 bits per heavy atom. The molecule has 0 saturated carbocycles. The minimum Gasteiger partial charge on any atom is -0.405 e. The van der Waals surface area contributed by atoms with Gasteiger partial charge in [-0.1, -0.05) is 36.4 Å². The van der Waals surface area contributed by atoms with E-state index in [1.54, 1.807) is 12.1 Å². The molecule has 148 valence electrons. The lowest BCUT2D eigenvalue weighted by atomic mass is 9.71. The molecule has 0 amide bonds. The summed E-state index contributed by atoms with van der Waals surface area (Å²) in [6.07, 6.45) is -1.96. The number of amidine groups is 1. The number of halogens is 3. The third-order valence-electron chi connectivity index (χ3n) is 5.47. The summed E-state index contributed by atoms with van der Waals surface area (Å²) in [5.74, 6) is 0.657. The van der Waals surface area contributed by atoms with Crippen LogP contribution in [0, 0.1) is 5.41 Å². The van der Waals surface area contributed by atoms with Gasteiger partial charge in [-0.3, -0.25) is 4.99 Å². The molecule has 7 heteroatoms. The average molecular weight is 389 g/mol. The average Bonchev–Trinajstić information content (AvgIpc) is 2.67. The number of aliphatic imine (C=N–C) groups is 1. The number of ether oxygens (including phenoxy) is 1. The van der Waals surface area contributed by atoms with Gasteiger partial charge in [-0.15, -0.1) is 13.2 Å². The van der Waals surface area contributed by atoms with Gasteiger partial charge in [-0.05, 0) is 50.0 Å². The zero-order valence-corrected chi connectivity index (χ0v) is 15.4. The summed E-state index contributed by atoms with van der Waals surface area (Å²) in [4.78, 5) is 4.75. The van der Waals surface area contributed by atoms with E-state index in [9.17, 15) is 13.2 Å². The third kappa shape index (κ3) is 3.99. The van der Waals surface area contributed by atoms with E-state index in [2.05, 4.69) is 21.4 Å². The van der Waals surface area contributed by atoms with Gasteiger partial charge < -0.3 is 15.4 Å². The van der Waals surface area contributed by atoms with Crippen LogP contribution in [0.5, 0.6) is 5.75 Å². The molecule has 0 aromatic heterocycles. The number of piperidine rings is 1. The van der Waals surface area contributed by atoms with Crippen molar-refractivity contribution < 1.29 is 17.9 Å².